The number of nitrogens with one attached hydrogen (secondary N) is 1. The van der Waals surface area contributed by atoms with Gasteiger partial charge in [0, 0.05) is 12.4 Å². The summed E-state index contributed by atoms with van der Waals surface area (Å²) in [4.78, 5) is 47.9. The molecule has 0 atom stereocenters. The normalized spacial score (nSPS) is 10.0. The number of thiophene rings is 1. The minimum atomic E-state index is -0.931. The zero-order valence-electron chi connectivity index (χ0n) is 12.2. The average Bonchev–Trinajstić information content (AvgIpc) is 3.09. The maximum Gasteiger partial charge on any atom is 0.343 e. The van der Waals surface area contributed by atoms with Crippen molar-refractivity contribution in [2.75, 3.05) is 19.6 Å². The van der Waals surface area contributed by atoms with E-state index in [4.69, 9.17) is 0 Å². The second-order valence-corrected chi connectivity index (χ2v) is 5.17. The van der Waals surface area contributed by atoms with Gasteiger partial charge < -0.3 is 9.47 Å². The lowest BCUT2D eigenvalue weighted by Gasteiger charge is -2.11. The van der Waals surface area contributed by atoms with Gasteiger partial charge in [-0.25, -0.2) is 9.59 Å². The van der Waals surface area contributed by atoms with Gasteiger partial charge in [-0.05, 0) is 11.4 Å². The monoisotopic (exact) mass is 336 g/mol. The Morgan fingerprint density at radius 2 is 1.65 bits per heavy atom. The second kappa shape index (κ2) is 6.88. The van der Waals surface area contributed by atoms with Crippen LogP contribution in [0, 0.1) is 0 Å². The molecule has 1 amide bonds. The molecule has 2 rings (SSSR count). The second-order valence-electron chi connectivity index (χ2n) is 4.22. The van der Waals surface area contributed by atoms with Gasteiger partial charge in [0.15, 0.2) is 0 Å². The molecule has 0 fully saturated rings. The van der Waals surface area contributed by atoms with E-state index in [1.54, 1.807) is 17.5 Å². The number of hydrogen-bond acceptors (Lipinski definition) is 7. The Bertz CT molecular complexity index is 769. The summed E-state index contributed by atoms with van der Waals surface area (Å²) in [6.45, 7) is 0. The summed E-state index contributed by atoms with van der Waals surface area (Å²) < 4.78 is 10.0. The van der Waals surface area contributed by atoms with Crippen LogP contribution in [0.1, 0.15) is 30.4 Å². The van der Waals surface area contributed by atoms with Crippen molar-refractivity contribution in [3.63, 3.8) is 0 Å². The highest BCUT2D eigenvalue weighted by Crippen LogP contribution is 2.09. The van der Waals surface area contributed by atoms with Gasteiger partial charge in [-0.1, -0.05) is 6.07 Å². The van der Waals surface area contributed by atoms with Gasteiger partial charge in [0.25, 0.3) is 5.91 Å². The molecule has 23 heavy (non-hydrogen) atoms. The van der Waals surface area contributed by atoms with E-state index in [0.29, 0.717) is 4.88 Å². The summed E-state index contributed by atoms with van der Waals surface area (Å²) in [6.07, 6.45) is 2.15. The van der Waals surface area contributed by atoms with Gasteiger partial charge in [0.1, 0.15) is 11.1 Å². The van der Waals surface area contributed by atoms with E-state index in [1.165, 1.54) is 11.3 Å². The third-order valence-electron chi connectivity index (χ3n) is 2.81. The Balaban J connectivity index is 2.47. The van der Waals surface area contributed by atoms with Crippen molar-refractivity contribution in [3.05, 3.63) is 56.1 Å². The highest BCUT2D eigenvalue weighted by Gasteiger charge is 2.21. The van der Waals surface area contributed by atoms with Crippen molar-refractivity contribution in [2.24, 2.45) is 0 Å². The highest BCUT2D eigenvalue weighted by molar-refractivity contribution is 7.12. The van der Waals surface area contributed by atoms with Crippen LogP contribution in [0.25, 0.3) is 0 Å². The van der Waals surface area contributed by atoms with E-state index in [9.17, 15) is 19.2 Å². The van der Waals surface area contributed by atoms with Crippen molar-refractivity contribution in [1.29, 1.82) is 0 Å². The molecule has 0 saturated carbocycles. The number of nitrogens with zero attached hydrogens (tertiary/aromatic N) is 1. The first kappa shape index (κ1) is 16.4. The van der Waals surface area contributed by atoms with Crippen LogP contribution in [0.5, 0.6) is 0 Å². The first-order valence-corrected chi connectivity index (χ1v) is 7.13. The number of hydrogen-bond donors (Lipinski definition) is 1. The quantitative estimate of drug-likeness (QED) is 0.831. The van der Waals surface area contributed by atoms with E-state index >= 15 is 0 Å². The van der Waals surface area contributed by atoms with E-state index in [2.05, 4.69) is 14.9 Å². The fraction of sp³-hybridized carbons (Fsp3) is 0.143. The number of ether oxygens (including phenoxy) is 2. The van der Waals surface area contributed by atoms with Crippen LogP contribution in [0.15, 0.2) is 34.7 Å². The van der Waals surface area contributed by atoms with Crippen LogP contribution in [-0.4, -0.2) is 36.7 Å². The smallest absolute Gasteiger partial charge is 0.343 e. The van der Waals surface area contributed by atoms with Gasteiger partial charge in [-0.15, -0.1) is 11.3 Å². The Kier molecular flexibility index (Phi) is 4.91. The van der Waals surface area contributed by atoms with Crippen LogP contribution >= 0.6 is 11.3 Å². The van der Waals surface area contributed by atoms with Crippen LogP contribution in [0.3, 0.4) is 0 Å². The van der Waals surface area contributed by atoms with Gasteiger partial charge in [-0.2, -0.15) is 0 Å². The molecule has 120 valence electrons. The number of carbonyl (C=O) groups excluding carboxylic acids is 3. The van der Waals surface area contributed by atoms with Crippen molar-refractivity contribution < 1.29 is 23.9 Å². The number of amides is 1. The fourth-order valence-corrected chi connectivity index (χ4v) is 2.35. The molecule has 2 aromatic rings. The van der Waals surface area contributed by atoms with E-state index in [1.807, 2.05) is 0 Å². The molecule has 2 heterocycles. The molecule has 0 saturated heterocycles. The summed E-state index contributed by atoms with van der Waals surface area (Å²) in [5.74, 6) is -2.32. The molecule has 0 aliphatic heterocycles. The summed E-state index contributed by atoms with van der Waals surface area (Å²) in [6, 6.07) is 3.30. The lowest BCUT2D eigenvalue weighted by atomic mass is 10.2. The standard InChI is InChI=1S/C14H12N2O6S/c1-21-13(19)8-6-16(7-9(11(8)17)14(20)22-2)15-12(18)10-4-3-5-23-10/h3-7H,1-2H3,(H,15,18). The minimum absolute atomic E-state index is 0.401. The molecule has 8 nitrogen and oxygen atoms in total. The van der Waals surface area contributed by atoms with E-state index in [0.717, 1.165) is 31.3 Å². The van der Waals surface area contributed by atoms with Gasteiger partial charge in [0.05, 0.1) is 19.1 Å². The first-order valence-electron chi connectivity index (χ1n) is 6.25. The van der Waals surface area contributed by atoms with Crippen molar-refractivity contribution in [2.45, 2.75) is 0 Å². The Morgan fingerprint density at radius 3 is 2.09 bits per heavy atom. The van der Waals surface area contributed by atoms with Gasteiger partial charge in [-0.3, -0.25) is 19.7 Å². The first-order chi connectivity index (χ1) is 11.0. The molecule has 0 radical (unpaired) electrons. The lowest BCUT2D eigenvalue weighted by molar-refractivity contribution is 0.0593. The number of esters is 2. The van der Waals surface area contributed by atoms with Crippen LogP contribution in [0.2, 0.25) is 0 Å². The zero-order chi connectivity index (χ0) is 17.0. The maximum atomic E-state index is 12.1. The largest absolute Gasteiger partial charge is 0.465 e. The Morgan fingerprint density at radius 1 is 1.09 bits per heavy atom. The third kappa shape index (κ3) is 3.46. The zero-order valence-corrected chi connectivity index (χ0v) is 13.0. The molecular formula is C14H12N2O6S. The molecule has 0 unspecified atom stereocenters. The number of aromatic nitrogens is 1. The summed E-state index contributed by atoms with van der Waals surface area (Å²) in [5, 5.41) is 1.72. The predicted octanol–water partition coefficient (Wildman–Crippen LogP) is 0.867. The molecule has 9 heteroatoms. The van der Waals surface area contributed by atoms with Crippen LogP contribution in [0.4, 0.5) is 0 Å². The van der Waals surface area contributed by atoms with Gasteiger partial charge >= 0.3 is 11.9 Å². The SMILES string of the molecule is COC(=O)c1cn(NC(=O)c2cccs2)cc(C(=O)OC)c1=O. The molecule has 2 aromatic heterocycles. The topological polar surface area (TPSA) is 104 Å². The predicted molar refractivity (Wildman–Crippen MR) is 81.4 cm³/mol. The number of pyridine rings is 1. The molecule has 0 bridgehead atoms. The van der Waals surface area contributed by atoms with E-state index < -0.39 is 34.4 Å². The minimum Gasteiger partial charge on any atom is -0.465 e. The number of methoxy groups -OCH3 is 2. The van der Waals surface area contributed by atoms with Crippen molar-refractivity contribution in [1.82, 2.24) is 4.68 Å². The van der Waals surface area contributed by atoms with E-state index in [-0.39, 0.29) is 0 Å². The molecule has 0 aliphatic carbocycles. The van der Waals surface area contributed by atoms with Crippen LogP contribution < -0.4 is 10.9 Å². The van der Waals surface area contributed by atoms with Crippen LogP contribution in [-0.2, 0) is 9.47 Å². The molecule has 0 aromatic carbocycles. The highest BCUT2D eigenvalue weighted by atomic mass is 32.1. The third-order valence-corrected chi connectivity index (χ3v) is 3.68. The Labute approximate surface area is 134 Å². The van der Waals surface area contributed by atoms with Gasteiger partial charge in [0.2, 0.25) is 5.43 Å². The number of rotatable bonds is 4. The lowest BCUT2D eigenvalue weighted by Crippen LogP contribution is -2.30. The van der Waals surface area contributed by atoms with Crippen molar-refractivity contribution >= 4 is 29.2 Å². The summed E-state index contributed by atoms with van der Waals surface area (Å²) >= 11 is 1.21. The molecule has 1 N–H and O–H groups in total. The Hall–Kier alpha value is -2.94. The summed E-state index contributed by atoms with van der Waals surface area (Å²) in [7, 11) is 2.20. The molecule has 0 aliphatic rings. The molecular weight excluding hydrogens is 324 g/mol. The van der Waals surface area contributed by atoms with Crippen molar-refractivity contribution in [3.8, 4) is 0 Å². The maximum absolute atomic E-state index is 12.1. The number of carbonyl (C=O) groups is 3. The molecule has 0 spiro atoms. The summed E-state index contributed by atoms with van der Waals surface area (Å²) in [5.41, 5.74) is 0.800. The fourth-order valence-electron chi connectivity index (χ4n) is 1.73. The average molecular weight is 336 g/mol.